The van der Waals surface area contributed by atoms with Crippen LogP contribution in [0.3, 0.4) is 0 Å². The normalized spacial score (nSPS) is 10.9. The number of imidazole rings is 1. The summed E-state index contributed by atoms with van der Waals surface area (Å²) in [4.78, 5) is 18.6. The van der Waals surface area contributed by atoms with Crippen LogP contribution in [0, 0.1) is 0 Å². The van der Waals surface area contributed by atoms with E-state index < -0.39 is 0 Å². The molecule has 0 aliphatic carbocycles. The van der Waals surface area contributed by atoms with Gasteiger partial charge in [-0.2, -0.15) is 9.61 Å². The zero-order valence-corrected chi connectivity index (χ0v) is 10.1. The van der Waals surface area contributed by atoms with E-state index in [1.54, 1.807) is 18.3 Å². The Kier molecular flexibility index (Phi) is 2.97. The summed E-state index contributed by atoms with van der Waals surface area (Å²) in [6.45, 7) is 0.756. The van der Waals surface area contributed by atoms with Gasteiger partial charge in [0.2, 0.25) is 0 Å². The first kappa shape index (κ1) is 11.5. The maximum atomic E-state index is 11.4. The lowest BCUT2D eigenvalue weighted by molar-refractivity contribution is 0.804. The van der Waals surface area contributed by atoms with Crippen molar-refractivity contribution in [1.29, 1.82) is 0 Å². The Balaban J connectivity index is 1.59. The zero-order valence-electron chi connectivity index (χ0n) is 10.1. The molecule has 0 atom stereocenters. The second-order valence-electron chi connectivity index (χ2n) is 4.08. The van der Waals surface area contributed by atoms with Crippen molar-refractivity contribution in [3.8, 4) is 0 Å². The van der Waals surface area contributed by atoms with Crippen LogP contribution >= 0.6 is 0 Å². The average molecular weight is 259 g/mol. The number of nitrogens with one attached hydrogen (secondary N) is 3. The van der Waals surface area contributed by atoms with Gasteiger partial charge in [0.1, 0.15) is 11.6 Å². The van der Waals surface area contributed by atoms with Crippen molar-refractivity contribution in [2.45, 2.75) is 12.8 Å². The molecule has 98 valence electrons. The molecule has 0 saturated heterocycles. The molecule has 0 radical (unpaired) electrons. The number of aryl methyl sites for hydroxylation is 1. The van der Waals surface area contributed by atoms with Gasteiger partial charge in [0, 0.05) is 25.4 Å². The third-order valence-electron chi connectivity index (χ3n) is 2.72. The number of nitrogens with zero attached hydrogens (tertiary/aromatic N) is 4. The minimum atomic E-state index is -0.339. The van der Waals surface area contributed by atoms with Crippen molar-refractivity contribution < 1.29 is 0 Å². The number of aromatic amines is 2. The van der Waals surface area contributed by atoms with E-state index >= 15 is 0 Å². The maximum absolute atomic E-state index is 11.4. The monoisotopic (exact) mass is 259 g/mol. The number of hydrogen-bond donors (Lipinski definition) is 3. The number of fused-ring (bicyclic) bond motifs is 1. The third kappa shape index (κ3) is 2.46. The van der Waals surface area contributed by atoms with E-state index in [0.29, 0.717) is 11.5 Å². The predicted molar refractivity (Wildman–Crippen MR) is 69.0 cm³/mol. The van der Waals surface area contributed by atoms with Gasteiger partial charge in [0.15, 0.2) is 5.65 Å². The van der Waals surface area contributed by atoms with E-state index in [0.717, 1.165) is 25.2 Å². The highest BCUT2D eigenvalue weighted by atomic mass is 16.2. The fourth-order valence-electron chi connectivity index (χ4n) is 1.80. The molecule has 0 unspecified atom stereocenters. The highest BCUT2D eigenvalue weighted by Gasteiger charge is 2.02. The Morgan fingerprint density at radius 1 is 1.37 bits per heavy atom. The minimum absolute atomic E-state index is 0.339. The van der Waals surface area contributed by atoms with Gasteiger partial charge in [0.05, 0.1) is 0 Å². The van der Waals surface area contributed by atoms with Gasteiger partial charge in [0.25, 0.3) is 0 Å². The largest absolute Gasteiger partial charge is 0.369 e. The van der Waals surface area contributed by atoms with E-state index in [1.165, 1.54) is 4.52 Å². The average Bonchev–Trinajstić information content (AvgIpc) is 3.06. The zero-order chi connectivity index (χ0) is 13.1. The molecule has 0 spiro atoms. The van der Waals surface area contributed by atoms with Crippen LogP contribution in [0.25, 0.3) is 5.65 Å². The summed E-state index contributed by atoms with van der Waals surface area (Å²) in [5, 5.41) is 13.5. The molecule has 0 fully saturated rings. The molecule has 3 aromatic rings. The number of hydrogen-bond acceptors (Lipinski definition) is 5. The summed E-state index contributed by atoms with van der Waals surface area (Å²) in [6.07, 6.45) is 5.34. The summed E-state index contributed by atoms with van der Waals surface area (Å²) in [7, 11) is 0. The van der Waals surface area contributed by atoms with Crippen LogP contribution in [-0.2, 0) is 6.42 Å². The second-order valence-corrected chi connectivity index (χ2v) is 4.08. The van der Waals surface area contributed by atoms with E-state index in [1.807, 2.05) is 6.20 Å². The Hall–Kier alpha value is -2.64. The molecule has 0 aliphatic rings. The molecule has 19 heavy (non-hydrogen) atoms. The number of H-pyrrole nitrogens is 2. The lowest BCUT2D eigenvalue weighted by atomic mass is 10.3. The van der Waals surface area contributed by atoms with Gasteiger partial charge < -0.3 is 10.3 Å². The molecular formula is C11H13N7O. The van der Waals surface area contributed by atoms with Crippen molar-refractivity contribution >= 4 is 11.5 Å². The van der Waals surface area contributed by atoms with Gasteiger partial charge in [-0.05, 0) is 18.6 Å². The van der Waals surface area contributed by atoms with Crippen molar-refractivity contribution in [3.63, 3.8) is 0 Å². The van der Waals surface area contributed by atoms with Crippen molar-refractivity contribution in [1.82, 2.24) is 29.8 Å². The molecule has 0 bridgehead atoms. The fourth-order valence-corrected chi connectivity index (χ4v) is 1.80. The first-order valence-electron chi connectivity index (χ1n) is 5.99. The Labute approximate surface area is 107 Å². The maximum Gasteiger partial charge on any atom is 0.364 e. The molecule has 3 rings (SSSR count). The summed E-state index contributed by atoms with van der Waals surface area (Å²) in [6, 6.07) is 3.53. The second kappa shape index (κ2) is 4.92. The Morgan fingerprint density at radius 2 is 2.32 bits per heavy atom. The molecule has 0 aromatic carbocycles. The molecule has 0 aliphatic heterocycles. The summed E-state index contributed by atoms with van der Waals surface area (Å²) < 4.78 is 1.23. The first-order valence-corrected chi connectivity index (χ1v) is 5.99. The van der Waals surface area contributed by atoms with E-state index in [9.17, 15) is 4.79 Å². The quantitative estimate of drug-likeness (QED) is 0.567. The lowest BCUT2D eigenvalue weighted by Crippen LogP contribution is -2.14. The standard InChI is InChI=1S/C11H13N7O/c19-11-16-15-10-4-3-9(17-18(10)11)12-5-1-2-8-13-6-7-14-8/h3-4,6-7H,1-2,5H2,(H,12,17)(H,13,14)(H,16,19). The van der Waals surface area contributed by atoms with E-state index in [2.05, 4.69) is 30.6 Å². The summed E-state index contributed by atoms with van der Waals surface area (Å²) >= 11 is 0. The predicted octanol–water partition coefficient (Wildman–Crippen LogP) is 0.185. The van der Waals surface area contributed by atoms with Crippen LogP contribution in [0.15, 0.2) is 29.3 Å². The lowest BCUT2D eigenvalue weighted by Gasteiger charge is -2.04. The number of anilines is 1. The SMILES string of the molecule is O=c1[nH]nc2ccc(NCCCc3ncc[nH]3)nn12. The Morgan fingerprint density at radius 3 is 3.16 bits per heavy atom. The van der Waals surface area contributed by atoms with E-state index in [4.69, 9.17) is 0 Å². The fraction of sp³-hybridized carbons (Fsp3) is 0.273. The smallest absolute Gasteiger partial charge is 0.364 e. The van der Waals surface area contributed by atoms with E-state index in [-0.39, 0.29) is 5.69 Å². The Bertz CT molecular complexity index is 712. The molecule has 8 heteroatoms. The van der Waals surface area contributed by atoms with Crippen LogP contribution in [0.1, 0.15) is 12.2 Å². The van der Waals surface area contributed by atoms with Crippen LogP contribution in [0.5, 0.6) is 0 Å². The number of aromatic nitrogens is 6. The molecule has 3 N–H and O–H groups in total. The number of rotatable bonds is 5. The van der Waals surface area contributed by atoms with Crippen LogP contribution in [0.2, 0.25) is 0 Å². The van der Waals surface area contributed by atoms with Crippen LogP contribution < -0.4 is 11.0 Å². The van der Waals surface area contributed by atoms with Crippen molar-refractivity contribution in [3.05, 3.63) is 40.8 Å². The molecule has 3 heterocycles. The van der Waals surface area contributed by atoms with Crippen LogP contribution in [-0.4, -0.2) is 36.3 Å². The molecule has 8 nitrogen and oxygen atoms in total. The molecule has 3 aromatic heterocycles. The molecule has 0 amide bonds. The summed E-state index contributed by atoms with van der Waals surface area (Å²) in [5.74, 6) is 1.62. The minimum Gasteiger partial charge on any atom is -0.369 e. The first-order chi connectivity index (χ1) is 9.33. The van der Waals surface area contributed by atoms with Gasteiger partial charge in [-0.15, -0.1) is 5.10 Å². The topological polar surface area (TPSA) is 104 Å². The van der Waals surface area contributed by atoms with Crippen LogP contribution in [0.4, 0.5) is 5.82 Å². The van der Waals surface area contributed by atoms with Crippen molar-refractivity contribution in [2.24, 2.45) is 0 Å². The van der Waals surface area contributed by atoms with Gasteiger partial charge >= 0.3 is 5.69 Å². The summed E-state index contributed by atoms with van der Waals surface area (Å²) in [5.41, 5.74) is 0.167. The highest BCUT2D eigenvalue weighted by molar-refractivity contribution is 5.42. The highest BCUT2D eigenvalue weighted by Crippen LogP contribution is 2.03. The van der Waals surface area contributed by atoms with Crippen molar-refractivity contribution in [2.75, 3.05) is 11.9 Å². The van der Waals surface area contributed by atoms with Gasteiger partial charge in [-0.1, -0.05) is 0 Å². The van der Waals surface area contributed by atoms with Gasteiger partial charge in [-0.25, -0.2) is 14.9 Å². The molecular weight excluding hydrogens is 246 g/mol. The third-order valence-corrected chi connectivity index (χ3v) is 2.72. The molecule has 0 saturated carbocycles. The van der Waals surface area contributed by atoms with Gasteiger partial charge in [-0.3, -0.25) is 0 Å².